The van der Waals surface area contributed by atoms with Crippen molar-refractivity contribution in [2.75, 3.05) is 5.32 Å². The maximum atomic E-state index is 13.7. The number of carbonyl (C=O) groups is 3. The van der Waals surface area contributed by atoms with E-state index in [1.165, 1.54) is 0 Å². The molecule has 2 aromatic rings. The Balaban J connectivity index is 1.91. The number of para-hydroxylation sites is 1. The SMILES string of the molecule is Cc1ccccc1NC(=O)C(c1ccccc1)N(C(=O)C(C)NC(=O)OC(C)(C)C)C1CCC1. The van der Waals surface area contributed by atoms with Crippen LogP contribution in [0.15, 0.2) is 54.6 Å². The quantitative estimate of drug-likeness (QED) is 0.604. The number of nitrogens with one attached hydrogen (secondary N) is 2. The number of amides is 3. The van der Waals surface area contributed by atoms with Crippen molar-refractivity contribution in [3.8, 4) is 0 Å². The molecule has 0 heterocycles. The highest BCUT2D eigenvalue weighted by Crippen LogP contribution is 2.34. The maximum Gasteiger partial charge on any atom is 0.408 e. The predicted molar refractivity (Wildman–Crippen MR) is 132 cm³/mol. The second kappa shape index (κ2) is 10.7. The highest BCUT2D eigenvalue weighted by atomic mass is 16.6. The molecule has 1 aliphatic carbocycles. The molecule has 2 N–H and O–H groups in total. The number of hydrogen-bond acceptors (Lipinski definition) is 4. The lowest BCUT2D eigenvalue weighted by atomic mass is 9.88. The van der Waals surface area contributed by atoms with Gasteiger partial charge >= 0.3 is 6.09 Å². The lowest BCUT2D eigenvalue weighted by molar-refractivity contribution is -0.145. The van der Waals surface area contributed by atoms with E-state index < -0.39 is 23.8 Å². The fraction of sp³-hybridized carbons (Fsp3) is 0.444. The van der Waals surface area contributed by atoms with Gasteiger partial charge in [-0.05, 0) is 71.1 Å². The fourth-order valence-electron chi connectivity index (χ4n) is 3.94. The van der Waals surface area contributed by atoms with Crippen LogP contribution in [-0.2, 0) is 14.3 Å². The van der Waals surface area contributed by atoms with Gasteiger partial charge in [0.25, 0.3) is 5.91 Å². The van der Waals surface area contributed by atoms with Gasteiger partial charge in [0.2, 0.25) is 5.91 Å². The molecule has 0 spiro atoms. The number of benzene rings is 2. The Kier molecular flexibility index (Phi) is 7.97. The van der Waals surface area contributed by atoms with Crippen molar-refractivity contribution in [1.82, 2.24) is 10.2 Å². The van der Waals surface area contributed by atoms with Crippen LogP contribution >= 0.6 is 0 Å². The van der Waals surface area contributed by atoms with Crippen molar-refractivity contribution >= 4 is 23.6 Å². The lowest BCUT2D eigenvalue weighted by Gasteiger charge is -2.43. The van der Waals surface area contributed by atoms with Crippen molar-refractivity contribution in [2.24, 2.45) is 0 Å². The predicted octanol–water partition coefficient (Wildman–Crippen LogP) is 4.97. The average molecular weight is 466 g/mol. The Bertz CT molecular complexity index is 1010. The van der Waals surface area contributed by atoms with Crippen molar-refractivity contribution in [3.63, 3.8) is 0 Å². The summed E-state index contributed by atoms with van der Waals surface area (Å²) in [6, 6.07) is 15.1. The first-order chi connectivity index (χ1) is 16.1. The summed E-state index contributed by atoms with van der Waals surface area (Å²) in [7, 11) is 0. The van der Waals surface area contributed by atoms with Gasteiger partial charge in [0.05, 0.1) is 0 Å². The maximum absolute atomic E-state index is 13.7. The summed E-state index contributed by atoms with van der Waals surface area (Å²) < 4.78 is 5.32. The number of carbonyl (C=O) groups excluding carboxylic acids is 3. The van der Waals surface area contributed by atoms with Crippen LogP contribution in [0.2, 0.25) is 0 Å². The molecule has 0 bridgehead atoms. The third kappa shape index (κ3) is 6.37. The van der Waals surface area contributed by atoms with E-state index in [1.807, 2.05) is 61.5 Å². The van der Waals surface area contributed by atoms with Gasteiger partial charge in [-0.2, -0.15) is 0 Å². The van der Waals surface area contributed by atoms with E-state index in [2.05, 4.69) is 10.6 Å². The Labute approximate surface area is 201 Å². The Morgan fingerprint density at radius 3 is 2.18 bits per heavy atom. The minimum absolute atomic E-state index is 0.0804. The van der Waals surface area contributed by atoms with Gasteiger partial charge in [-0.15, -0.1) is 0 Å². The highest BCUT2D eigenvalue weighted by molar-refractivity contribution is 5.99. The number of nitrogens with zero attached hydrogens (tertiary/aromatic N) is 1. The molecule has 3 rings (SSSR count). The number of ether oxygens (including phenoxy) is 1. The number of alkyl carbamates (subject to hydrolysis) is 1. The zero-order valence-electron chi connectivity index (χ0n) is 20.6. The van der Waals surface area contributed by atoms with Crippen LogP contribution in [0.25, 0.3) is 0 Å². The van der Waals surface area contributed by atoms with Gasteiger partial charge in [0.15, 0.2) is 0 Å². The van der Waals surface area contributed by atoms with Crippen LogP contribution in [0.3, 0.4) is 0 Å². The number of rotatable bonds is 7. The van der Waals surface area contributed by atoms with Gasteiger partial charge < -0.3 is 20.3 Å². The molecule has 0 radical (unpaired) electrons. The highest BCUT2D eigenvalue weighted by Gasteiger charge is 2.41. The van der Waals surface area contributed by atoms with E-state index in [0.717, 1.165) is 30.4 Å². The van der Waals surface area contributed by atoms with Gasteiger partial charge in [-0.1, -0.05) is 48.5 Å². The Morgan fingerprint density at radius 2 is 1.62 bits per heavy atom. The van der Waals surface area contributed by atoms with Crippen molar-refractivity contribution in [2.45, 2.75) is 77.6 Å². The van der Waals surface area contributed by atoms with Crippen LogP contribution in [-0.4, -0.2) is 40.5 Å². The molecule has 0 aromatic heterocycles. The van der Waals surface area contributed by atoms with Crippen LogP contribution < -0.4 is 10.6 Å². The molecule has 1 aliphatic rings. The summed E-state index contributed by atoms with van der Waals surface area (Å²) in [4.78, 5) is 41.3. The molecule has 1 fully saturated rings. The number of hydrogen-bond donors (Lipinski definition) is 2. The normalized spacial score (nSPS) is 15.4. The third-order valence-electron chi connectivity index (χ3n) is 5.87. The molecule has 2 atom stereocenters. The Morgan fingerprint density at radius 1 is 1.00 bits per heavy atom. The van der Waals surface area contributed by atoms with Gasteiger partial charge in [0, 0.05) is 11.7 Å². The van der Waals surface area contributed by atoms with Crippen LogP contribution in [0.4, 0.5) is 10.5 Å². The molecule has 1 saturated carbocycles. The molecule has 2 unspecified atom stereocenters. The summed E-state index contributed by atoms with van der Waals surface area (Å²) in [5, 5.41) is 5.65. The molecule has 7 nitrogen and oxygen atoms in total. The van der Waals surface area contributed by atoms with E-state index in [4.69, 9.17) is 4.74 Å². The van der Waals surface area contributed by atoms with Gasteiger partial charge in [-0.3, -0.25) is 9.59 Å². The van der Waals surface area contributed by atoms with Crippen molar-refractivity contribution in [1.29, 1.82) is 0 Å². The number of aryl methyl sites for hydroxylation is 1. The minimum Gasteiger partial charge on any atom is -0.444 e. The van der Waals surface area contributed by atoms with Crippen molar-refractivity contribution in [3.05, 3.63) is 65.7 Å². The first-order valence-corrected chi connectivity index (χ1v) is 11.8. The molecule has 3 amide bonds. The van der Waals surface area contributed by atoms with E-state index in [9.17, 15) is 14.4 Å². The molecule has 0 aliphatic heterocycles. The van der Waals surface area contributed by atoms with Crippen LogP contribution in [0.5, 0.6) is 0 Å². The topological polar surface area (TPSA) is 87.7 Å². The summed E-state index contributed by atoms with van der Waals surface area (Å²) in [6.45, 7) is 8.84. The summed E-state index contributed by atoms with van der Waals surface area (Å²) in [6.07, 6.45) is 1.95. The molecular formula is C27H35N3O4. The molecule has 182 valence electrons. The zero-order valence-corrected chi connectivity index (χ0v) is 20.6. The standard InChI is InChI=1S/C27H35N3O4/c1-18-12-9-10-17-22(18)29-24(31)23(20-13-7-6-8-14-20)30(21-15-11-16-21)25(32)19(2)28-26(33)34-27(3,4)5/h6-10,12-14,17,19,21,23H,11,15-16H2,1-5H3,(H,28,33)(H,29,31). The largest absolute Gasteiger partial charge is 0.444 e. The Hall–Kier alpha value is -3.35. The smallest absolute Gasteiger partial charge is 0.408 e. The lowest BCUT2D eigenvalue weighted by Crippen LogP contribution is -2.56. The third-order valence-corrected chi connectivity index (χ3v) is 5.87. The van der Waals surface area contributed by atoms with Gasteiger partial charge in [0.1, 0.15) is 17.7 Å². The van der Waals surface area contributed by atoms with E-state index in [1.54, 1.807) is 32.6 Å². The van der Waals surface area contributed by atoms with Gasteiger partial charge in [-0.25, -0.2) is 4.79 Å². The second-order valence-corrected chi connectivity index (χ2v) is 9.82. The minimum atomic E-state index is -0.854. The first-order valence-electron chi connectivity index (χ1n) is 11.8. The fourth-order valence-corrected chi connectivity index (χ4v) is 3.94. The summed E-state index contributed by atoms with van der Waals surface area (Å²) in [5.41, 5.74) is 1.68. The molecule has 34 heavy (non-hydrogen) atoms. The van der Waals surface area contributed by atoms with Crippen LogP contribution in [0.1, 0.15) is 64.1 Å². The zero-order chi connectivity index (χ0) is 24.9. The average Bonchev–Trinajstić information content (AvgIpc) is 2.72. The van der Waals surface area contributed by atoms with E-state index >= 15 is 0 Å². The first kappa shape index (κ1) is 25.3. The molecule has 0 saturated heterocycles. The van der Waals surface area contributed by atoms with E-state index in [0.29, 0.717) is 5.69 Å². The second-order valence-electron chi connectivity index (χ2n) is 9.82. The summed E-state index contributed by atoms with van der Waals surface area (Å²) >= 11 is 0. The van der Waals surface area contributed by atoms with Crippen LogP contribution in [0, 0.1) is 6.92 Å². The summed E-state index contributed by atoms with van der Waals surface area (Å²) in [5.74, 6) is -0.602. The molecular weight excluding hydrogens is 430 g/mol. The molecule has 7 heteroatoms. The molecule has 2 aromatic carbocycles. The number of anilines is 1. The monoisotopic (exact) mass is 465 g/mol. The van der Waals surface area contributed by atoms with E-state index in [-0.39, 0.29) is 17.9 Å². The van der Waals surface area contributed by atoms with Crippen molar-refractivity contribution < 1.29 is 19.1 Å².